The molecule has 3 rings (SSSR count). The summed E-state index contributed by atoms with van der Waals surface area (Å²) in [6, 6.07) is 13.1. The van der Waals surface area contributed by atoms with E-state index < -0.39 is 5.76 Å². The van der Waals surface area contributed by atoms with Gasteiger partial charge in [0, 0.05) is 5.56 Å². The third-order valence-electron chi connectivity index (χ3n) is 3.23. The smallest absolute Gasteiger partial charge is 0.417 e. The molecule has 3 aromatic rings. The first kappa shape index (κ1) is 13.8. The van der Waals surface area contributed by atoms with Crippen LogP contribution in [0.3, 0.4) is 0 Å². The number of benzene rings is 2. The number of hydrogen-bond donors (Lipinski definition) is 1. The van der Waals surface area contributed by atoms with Crippen LogP contribution in [0.15, 0.2) is 51.7 Å². The van der Waals surface area contributed by atoms with Gasteiger partial charge in [0.2, 0.25) is 0 Å². The quantitative estimate of drug-likeness (QED) is 0.745. The van der Waals surface area contributed by atoms with Gasteiger partial charge in [-0.1, -0.05) is 24.3 Å². The van der Waals surface area contributed by atoms with Gasteiger partial charge in [0.25, 0.3) is 0 Å². The molecule has 0 spiro atoms. The lowest BCUT2D eigenvalue weighted by Crippen LogP contribution is -2.00. The van der Waals surface area contributed by atoms with Gasteiger partial charge in [-0.3, -0.25) is 4.98 Å². The topological polar surface area (TPSA) is 55.2 Å². The monoisotopic (exact) mass is 303 g/mol. The van der Waals surface area contributed by atoms with Gasteiger partial charge in [-0.05, 0) is 30.7 Å². The van der Waals surface area contributed by atoms with Gasteiger partial charge in [-0.2, -0.15) is 0 Å². The summed E-state index contributed by atoms with van der Waals surface area (Å²) < 4.78 is 10.7. The van der Waals surface area contributed by atoms with E-state index in [4.69, 9.17) is 20.8 Å². The predicted octanol–water partition coefficient (Wildman–Crippen LogP) is 3.85. The number of nitrogens with one attached hydrogen (secondary N) is 1. The first-order valence-electron chi connectivity index (χ1n) is 6.67. The van der Waals surface area contributed by atoms with Gasteiger partial charge in [0.1, 0.15) is 5.75 Å². The second kappa shape index (κ2) is 5.66. The molecule has 5 heteroatoms. The molecule has 21 heavy (non-hydrogen) atoms. The van der Waals surface area contributed by atoms with Crippen LogP contribution in [0.1, 0.15) is 23.4 Å². The molecule has 1 unspecified atom stereocenters. The van der Waals surface area contributed by atoms with Crippen molar-refractivity contribution in [3.8, 4) is 5.75 Å². The zero-order valence-electron chi connectivity index (χ0n) is 11.4. The van der Waals surface area contributed by atoms with Gasteiger partial charge in [0.15, 0.2) is 5.58 Å². The first-order chi connectivity index (χ1) is 10.2. The fourth-order valence-electron chi connectivity index (χ4n) is 2.28. The number of rotatable bonds is 4. The van der Waals surface area contributed by atoms with E-state index in [0.717, 1.165) is 16.9 Å². The average molecular weight is 304 g/mol. The minimum Gasteiger partial charge on any atom is -0.494 e. The number of para-hydroxylation sites is 1. The van der Waals surface area contributed by atoms with Crippen molar-refractivity contribution < 1.29 is 9.15 Å². The Hall–Kier alpha value is -2.20. The normalized spacial score (nSPS) is 12.5. The van der Waals surface area contributed by atoms with Crippen molar-refractivity contribution in [3.05, 3.63) is 64.1 Å². The molecule has 108 valence electrons. The fraction of sp³-hybridized carbons (Fsp3) is 0.188. The van der Waals surface area contributed by atoms with E-state index in [0.29, 0.717) is 17.7 Å². The number of oxazole rings is 1. The zero-order valence-corrected chi connectivity index (χ0v) is 12.2. The SMILES string of the molecule is CCOc1ccccc1C(Cl)c1ccc2[nH]c(=O)oc2c1. The van der Waals surface area contributed by atoms with Crippen molar-refractivity contribution >= 4 is 22.7 Å². The molecule has 1 N–H and O–H groups in total. The van der Waals surface area contributed by atoms with Crippen LogP contribution < -0.4 is 10.5 Å². The molecule has 0 aliphatic heterocycles. The van der Waals surface area contributed by atoms with Gasteiger partial charge >= 0.3 is 5.76 Å². The highest BCUT2D eigenvalue weighted by atomic mass is 35.5. The number of aromatic amines is 1. The molecule has 1 heterocycles. The molecule has 0 bridgehead atoms. The maximum atomic E-state index is 11.2. The van der Waals surface area contributed by atoms with E-state index in [1.165, 1.54) is 0 Å². The third-order valence-corrected chi connectivity index (χ3v) is 3.72. The van der Waals surface area contributed by atoms with Crippen LogP contribution in [-0.2, 0) is 0 Å². The highest BCUT2D eigenvalue weighted by Crippen LogP contribution is 2.35. The van der Waals surface area contributed by atoms with E-state index in [2.05, 4.69) is 4.98 Å². The van der Waals surface area contributed by atoms with E-state index >= 15 is 0 Å². The summed E-state index contributed by atoms with van der Waals surface area (Å²) in [5.41, 5.74) is 2.89. The van der Waals surface area contributed by atoms with Gasteiger partial charge in [0.05, 0.1) is 17.5 Å². The Morgan fingerprint density at radius 1 is 1.29 bits per heavy atom. The Morgan fingerprint density at radius 3 is 2.90 bits per heavy atom. The number of aromatic nitrogens is 1. The molecule has 0 aliphatic carbocycles. The maximum Gasteiger partial charge on any atom is 0.417 e. The van der Waals surface area contributed by atoms with Crippen LogP contribution in [0.25, 0.3) is 11.1 Å². The summed E-state index contributed by atoms with van der Waals surface area (Å²) in [7, 11) is 0. The van der Waals surface area contributed by atoms with Crippen LogP contribution in [0.2, 0.25) is 0 Å². The van der Waals surface area contributed by atoms with Crippen LogP contribution in [0, 0.1) is 0 Å². The lowest BCUT2D eigenvalue weighted by atomic mass is 10.0. The molecule has 2 aromatic carbocycles. The summed E-state index contributed by atoms with van der Waals surface area (Å²) in [6.45, 7) is 2.51. The Balaban J connectivity index is 2.03. The number of ether oxygens (including phenoxy) is 1. The summed E-state index contributed by atoms with van der Waals surface area (Å²) in [4.78, 5) is 13.8. The average Bonchev–Trinajstić information content (AvgIpc) is 2.86. The lowest BCUT2D eigenvalue weighted by Gasteiger charge is -2.15. The molecule has 0 radical (unpaired) electrons. The lowest BCUT2D eigenvalue weighted by molar-refractivity contribution is 0.337. The second-order valence-corrected chi connectivity index (χ2v) is 5.04. The van der Waals surface area contributed by atoms with E-state index in [1.807, 2.05) is 37.3 Å². The second-order valence-electron chi connectivity index (χ2n) is 4.60. The van der Waals surface area contributed by atoms with Gasteiger partial charge < -0.3 is 9.15 Å². The molecular formula is C16H14ClNO3. The zero-order chi connectivity index (χ0) is 14.8. The summed E-state index contributed by atoms with van der Waals surface area (Å²) in [5.74, 6) is 0.290. The molecule has 1 aromatic heterocycles. The summed E-state index contributed by atoms with van der Waals surface area (Å²) >= 11 is 6.57. The molecular weight excluding hydrogens is 290 g/mol. The van der Waals surface area contributed by atoms with Gasteiger partial charge in [-0.15, -0.1) is 11.6 Å². The summed E-state index contributed by atoms with van der Waals surface area (Å²) in [5, 5.41) is -0.377. The number of alkyl halides is 1. The highest BCUT2D eigenvalue weighted by Gasteiger charge is 2.16. The van der Waals surface area contributed by atoms with Crippen molar-refractivity contribution in [1.29, 1.82) is 0 Å². The standard InChI is InChI=1S/C16H14ClNO3/c1-2-20-13-6-4-3-5-11(13)15(17)10-7-8-12-14(9-10)21-16(19)18-12/h3-9,15H,2H2,1H3,(H,18,19). The molecule has 0 saturated heterocycles. The van der Waals surface area contributed by atoms with Crippen LogP contribution in [-0.4, -0.2) is 11.6 Å². The molecule has 0 saturated carbocycles. The van der Waals surface area contributed by atoms with E-state index in [1.54, 1.807) is 12.1 Å². The largest absolute Gasteiger partial charge is 0.494 e. The molecule has 0 aliphatic rings. The highest BCUT2D eigenvalue weighted by molar-refractivity contribution is 6.23. The van der Waals surface area contributed by atoms with Crippen molar-refractivity contribution in [2.45, 2.75) is 12.3 Å². The van der Waals surface area contributed by atoms with Crippen molar-refractivity contribution in [1.82, 2.24) is 4.98 Å². The Labute approximate surface area is 126 Å². The number of fused-ring (bicyclic) bond motifs is 1. The van der Waals surface area contributed by atoms with Crippen molar-refractivity contribution in [2.75, 3.05) is 6.61 Å². The van der Waals surface area contributed by atoms with Gasteiger partial charge in [-0.25, -0.2) is 4.79 Å². The van der Waals surface area contributed by atoms with E-state index in [-0.39, 0.29) is 5.38 Å². The Kier molecular flexibility index (Phi) is 3.71. The first-order valence-corrected chi connectivity index (χ1v) is 7.11. The fourth-order valence-corrected chi connectivity index (χ4v) is 2.59. The molecule has 1 atom stereocenters. The van der Waals surface area contributed by atoms with Crippen LogP contribution in [0.4, 0.5) is 0 Å². The van der Waals surface area contributed by atoms with Crippen LogP contribution >= 0.6 is 11.6 Å². The number of H-pyrrole nitrogens is 1. The Morgan fingerprint density at radius 2 is 2.10 bits per heavy atom. The minimum absolute atomic E-state index is 0.377. The third kappa shape index (κ3) is 2.67. The van der Waals surface area contributed by atoms with Crippen molar-refractivity contribution in [2.24, 2.45) is 0 Å². The molecule has 0 fully saturated rings. The summed E-state index contributed by atoms with van der Waals surface area (Å²) in [6.07, 6.45) is 0. The molecule has 4 nitrogen and oxygen atoms in total. The number of halogens is 1. The molecule has 0 amide bonds. The maximum absolute atomic E-state index is 11.2. The predicted molar refractivity (Wildman–Crippen MR) is 82.1 cm³/mol. The Bertz CT molecular complexity index is 822. The minimum atomic E-state index is -0.469. The van der Waals surface area contributed by atoms with Crippen molar-refractivity contribution in [3.63, 3.8) is 0 Å². The van der Waals surface area contributed by atoms with Crippen LogP contribution in [0.5, 0.6) is 5.75 Å². The van der Waals surface area contributed by atoms with E-state index in [9.17, 15) is 4.79 Å². The number of hydrogen-bond acceptors (Lipinski definition) is 3.